The lowest BCUT2D eigenvalue weighted by Gasteiger charge is -2.09. The van der Waals surface area contributed by atoms with Crippen molar-refractivity contribution >= 4 is 11.0 Å². The maximum atomic E-state index is 4.85. The molecule has 0 amide bonds. The van der Waals surface area contributed by atoms with Gasteiger partial charge in [-0.25, -0.2) is 0 Å². The van der Waals surface area contributed by atoms with Gasteiger partial charge in [-0.3, -0.25) is 0 Å². The SMILES string of the molecule is CCCc1ccc2nn(-c3cccc(C)c3)nc2c1-c1ccccc1. The maximum absolute atomic E-state index is 4.85. The highest BCUT2D eigenvalue weighted by atomic mass is 15.5. The van der Waals surface area contributed by atoms with Gasteiger partial charge in [-0.2, -0.15) is 4.80 Å². The summed E-state index contributed by atoms with van der Waals surface area (Å²) in [5.74, 6) is 0. The molecule has 4 aromatic rings. The average molecular weight is 327 g/mol. The average Bonchev–Trinajstić information content (AvgIpc) is 3.07. The topological polar surface area (TPSA) is 30.7 Å². The van der Waals surface area contributed by atoms with E-state index < -0.39 is 0 Å². The van der Waals surface area contributed by atoms with E-state index >= 15 is 0 Å². The second kappa shape index (κ2) is 6.52. The maximum Gasteiger partial charge on any atom is 0.121 e. The molecule has 0 saturated carbocycles. The lowest BCUT2D eigenvalue weighted by molar-refractivity contribution is 0.765. The summed E-state index contributed by atoms with van der Waals surface area (Å²) in [4.78, 5) is 1.75. The van der Waals surface area contributed by atoms with E-state index in [1.807, 2.05) is 18.2 Å². The third kappa shape index (κ3) is 2.93. The van der Waals surface area contributed by atoms with Crippen LogP contribution in [0.3, 0.4) is 0 Å². The van der Waals surface area contributed by atoms with E-state index in [1.165, 1.54) is 22.3 Å². The summed E-state index contributed by atoms with van der Waals surface area (Å²) in [6.45, 7) is 4.30. The Morgan fingerprint density at radius 2 is 1.72 bits per heavy atom. The minimum Gasteiger partial charge on any atom is -0.150 e. The molecule has 0 unspecified atom stereocenters. The van der Waals surface area contributed by atoms with E-state index in [2.05, 4.69) is 62.4 Å². The smallest absolute Gasteiger partial charge is 0.121 e. The Labute approximate surface area is 147 Å². The van der Waals surface area contributed by atoms with Crippen molar-refractivity contribution in [3.63, 3.8) is 0 Å². The van der Waals surface area contributed by atoms with Crippen molar-refractivity contribution < 1.29 is 0 Å². The summed E-state index contributed by atoms with van der Waals surface area (Å²) in [7, 11) is 0. The standard InChI is InChI=1S/C22H21N3/c1-3-8-17-13-14-20-22(21(17)18-10-5-4-6-11-18)24-25(23-20)19-12-7-9-16(2)15-19/h4-7,9-15H,3,8H2,1-2H3. The summed E-state index contributed by atoms with van der Waals surface area (Å²) in [6.07, 6.45) is 2.15. The minimum absolute atomic E-state index is 0.931. The second-order valence-electron chi connectivity index (χ2n) is 6.41. The zero-order valence-corrected chi connectivity index (χ0v) is 14.6. The molecule has 0 atom stereocenters. The summed E-state index contributed by atoms with van der Waals surface area (Å²) >= 11 is 0. The van der Waals surface area contributed by atoms with Crippen LogP contribution in [-0.4, -0.2) is 15.0 Å². The molecule has 0 spiro atoms. The fourth-order valence-electron chi connectivity index (χ4n) is 3.30. The zero-order valence-electron chi connectivity index (χ0n) is 14.6. The van der Waals surface area contributed by atoms with Crippen molar-refractivity contribution in [3.8, 4) is 16.8 Å². The van der Waals surface area contributed by atoms with E-state index in [-0.39, 0.29) is 0 Å². The Bertz CT molecular complexity index is 1020. The van der Waals surface area contributed by atoms with Crippen LogP contribution in [0.25, 0.3) is 27.8 Å². The Kier molecular flexibility index (Phi) is 4.06. The van der Waals surface area contributed by atoms with Gasteiger partial charge in [-0.1, -0.05) is 61.9 Å². The van der Waals surface area contributed by atoms with Gasteiger partial charge in [-0.05, 0) is 48.2 Å². The molecule has 3 aromatic carbocycles. The van der Waals surface area contributed by atoms with Gasteiger partial charge in [0.05, 0.1) is 5.69 Å². The van der Waals surface area contributed by atoms with Crippen LogP contribution in [0.2, 0.25) is 0 Å². The van der Waals surface area contributed by atoms with E-state index in [9.17, 15) is 0 Å². The summed E-state index contributed by atoms with van der Waals surface area (Å²) in [6, 6.07) is 23.1. The molecule has 0 bridgehead atoms. The van der Waals surface area contributed by atoms with Crippen molar-refractivity contribution in [1.82, 2.24) is 15.0 Å². The van der Waals surface area contributed by atoms with Gasteiger partial charge in [0.15, 0.2) is 0 Å². The van der Waals surface area contributed by atoms with Gasteiger partial charge < -0.3 is 0 Å². The van der Waals surface area contributed by atoms with Crippen LogP contribution in [0.5, 0.6) is 0 Å². The summed E-state index contributed by atoms with van der Waals surface area (Å²) in [5.41, 5.74) is 7.84. The van der Waals surface area contributed by atoms with Crippen LogP contribution in [0.1, 0.15) is 24.5 Å². The molecule has 3 nitrogen and oxygen atoms in total. The molecule has 25 heavy (non-hydrogen) atoms. The molecule has 124 valence electrons. The highest BCUT2D eigenvalue weighted by molar-refractivity contribution is 5.93. The van der Waals surface area contributed by atoms with Gasteiger partial charge >= 0.3 is 0 Å². The van der Waals surface area contributed by atoms with Crippen molar-refractivity contribution in [3.05, 3.63) is 77.9 Å². The molecule has 3 heteroatoms. The third-order valence-corrected chi connectivity index (χ3v) is 4.45. The molecule has 0 radical (unpaired) electrons. The lowest BCUT2D eigenvalue weighted by atomic mass is 9.95. The molecular weight excluding hydrogens is 306 g/mol. The first kappa shape index (κ1) is 15.6. The number of rotatable bonds is 4. The van der Waals surface area contributed by atoms with Crippen LogP contribution in [0.4, 0.5) is 0 Å². The molecular formula is C22H21N3. The zero-order chi connectivity index (χ0) is 17.2. The Hall–Kier alpha value is -2.94. The number of benzene rings is 3. The minimum atomic E-state index is 0.931. The van der Waals surface area contributed by atoms with Crippen molar-refractivity contribution in [2.45, 2.75) is 26.7 Å². The van der Waals surface area contributed by atoms with Crippen molar-refractivity contribution in [1.29, 1.82) is 0 Å². The predicted octanol–water partition coefficient (Wildman–Crippen LogP) is 5.35. The monoisotopic (exact) mass is 327 g/mol. The first-order valence-electron chi connectivity index (χ1n) is 8.77. The third-order valence-electron chi connectivity index (χ3n) is 4.45. The van der Waals surface area contributed by atoms with Gasteiger partial charge in [-0.15, -0.1) is 10.2 Å². The molecule has 1 aromatic heterocycles. The molecule has 0 aliphatic rings. The van der Waals surface area contributed by atoms with Crippen LogP contribution < -0.4 is 0 Å². The van der Waals surface area contributed by atoms with Gasteiger partial charge in [0, 0.05) is 5.56 Å². The molecule has 0 saturated heterocycles. The van der Waals surface area contributed by atoms with Crippen LogP contribution in [0, 0.1) is 6.92 Å². The fraction of sp³-hybridized carbons (Fsp3) is 0.182. The Morgan fingerprint density at radius 3 is 2.48 bits per heavy atom. The Balaban J connectivity index is 1.95. The van der Waals surface area contributed by atoms with Crippen LogP contribution in [0.15, 0.2) is 66.7 Å². The lowest BCUT2D eigenvalue weighted by Crippen LogP contribution is -1.98. The van der Waals surface area contributed by atoms with E-state index in [4.69, 9.17) is 10.2 Å². The normalized spacial score (nSPS) is 11.1. The van der Waals surface area contributed by atoms with E-state index in [1.54, 1.807) is 4.80 Å². The van der Waals surface area contributed by atoms with E-state index in [0.29, 0.717) is 0 Å². The Morgan fingerprint density at radius 1 is 0.880 bits per heavy atom. The number of hydrogen-bond acceptors (Lipinski definition) is 2. The number of aromatic nitrogens is 3. The first-order valence-corrected chi connectivity index (χ1v) is 8.77. The summed E-state index contributed by atoms with van der Waals surface area (Å²) in [5, 5.41) is 9.57. The quantitative estimate of drug-likeness (QED) is 0.506. The van der Waals surface area contributed by atoms with Gasteiger partial charge in [0.1, 0.15) is 11.0 Å². The van der Waals surface area contributed by atoms with Crippen molar-refractivity contribution in [2.24, 2.45) is 0 Å². The van der Waals surface area contributed by atoms with E-state index in [0.717, 1.165) is 29.6 Å². The van der Waals surface area contributed by atoms with Gasteiger partial charge in [0.25, 0.3) is 0 Å². The fourth-order valence-corrected chi connectivity index (χ4v) is 3.30. The highest BCUT2D eigenvalue weighted by Crippen LogP contribution is 2.31. The van der Waals surface area contributed by atoms with Gasteiger partial charge in [0.2, 0.25) is 0 Å². The first-order chi connectivity index (χ1) is 12.3. The predicted molar refractivity (Wildman–Crippen MR) is 103 cm³/mol. The number of nitrogens with zero attached hydrogens (tertiary/aromatic N) is 3. The molecule has 0 fully saturated rings. The summed E-state index contributed by atoms with van der Waals surface area (Å²) < 4.78 is 0. The second-order valence-corrected chi connectivity index (χ2v) is 6.41. The largest absolute Gasteiger partial charge is 0.150 e. The highest BCUT2D eigenvalue weighted by Gasteiger charge is 2.14. The number of aryl methyl sites for hydroxylation is 2. The molecule has 1 heterocycles. The molecule has 0 aliphatic heterocycles. The van der Waals surface area contributed by atoms with Crippen molar-refractivity contribution in [2.75, 3.05) is 0 Å². The van der Waals surface area contributed by atoms with Crippen LogP contribution >= 0.6 is 0 Å². The molecule has 4 rings (SSSR count). The molecule has 0 aliphatic carbocycles. The molecule has 0 N–H and O–H groups in total. The number of fused-ring (bicyclic) bond motifs is 1. The number of hydrogen-bond donors (Lipinski definition) is 0. The van der Waals surface area contributed by atoms with Crippen LogP contribution in [-0.2, 0) is 6.42 Å².